The fraction of sp³-hybridized carbons (Fsp3) is 1.00. The topological polar surface area (TPSA) is 3.24 Å². The molecule has 1 aliphatic heterocycles. The van der Waals surface area contributed by atoms with Crippen molar-refractivity contribution in [3.05, 3.63) is 0 Å². The summed E-state index contributed by atoms with van der Waals surface area (Å²) in [5.41, 5.74) is 0.622. The van der Waals surface area contributed by atoms with Crippen LogP contribution < -0.4 is 0 Å². The fourth-order valence-electron chi connectivity index (χ4n) is 2.96. The highest BCUT2D eigenvalue weighted by Gasteiger charge is 2.33. The van der Waals surface area contributed by atoms with E-state index in [1.165, 1.54) is 51.6 Å². The smallest absolute Gasteiger partial charge is 0.00189 e. The Morgan fingerprint density at radius 1 is 1.20 bits per heavy atom. The molecule has 1 nitrogen and oxygen atoms in total. The summed E-state index contributed by atoms with van der Waals surface area (Å²) in [6, 6.07) is 0. The molecule has 1 rings (SSSR count). The first-order valence-corrected chi connectivity index (χ1v) is 6.81. The summed E-state index contributed by atoms with van der Waals surface area (Å²) in [5.74, 6) is 0.977. The molecule has 1 heterocycles. The summed E-state index contributed by atoms with van der Waals surface area (Å²) < 4.78 is 0. The average molecular weight is 211 g/mol. The van der Waals surface area contributed by atoms with Crippen molar-refractivity contribution in [2.75, 3.05) is 20.1 Å². The Morgan fingerprint density at radius 2 is 1.80 bits per heavy atom. The lowest BCUT2D eigenvalue weighted by Crippen LogP contribution is -2.38. The summed E-state index contributed by atoms with van der Waals surface area (Å²) in [6.07, 6.45) is 8.41. The third-order valence-electron chi connectivity index (χ3n) is 4.61. The predicted molar refractivity (Wildman–Crippen MR) is 68.1 cm³/mol. The first kappa shape index (κ1) is 13.0. The molecule has 1 heteroatoms. The second-order valence-electron chi connectivity index (χ2n) is 5.69. The van der Waals surface area contributed by atoms with E-state index in [1.54, 1.807) is 0 Å². The maximum absolute atomic E-state index is 2.53. The van der Waals surface area contributed by atoms with Gasteiger partial charge in [0.05, 0.1) is 0 Å². The Balaban J connectivity index is 2.49. The SMILES string of the molecule is CCCCC(C)(CC)C1CCN(C)CC1. The van der Waals surface area contributed by atoms with Crippen molar-refractivity contribution in [1.82, 2.24) is 4.90 Å². The van der Waals surface area contributed by atoms with Crippen LogP contribution in [0.15, 0.2) is 0 Å². The van der Waals surface area contributed by atoms with Crippen LogP contribution in [-0.4, -0.2) is 25.0 Å². The Bertz CT molecular complexity index is 170. The Hall–Kier alpha value is -0.0400. The third kappa shape index (κ3) is 3.48. The first-order chi connectivity index (χ1) is 7.12. The second kappa shape index (κ2) is 5.89. The molecule has 0 amide bonds. The molecule has 0 aromatic carbocycles. The molecule has 0 aliphatic carbocycles. The molecule has 0 bridgehead atoms. The van der Waals surface area contributed by atoms with Crippen molar-refractivity contribution < 1.29 is 0 Å². The molecule has 15 heavy (non-hydrogen) atoms. The minimum absolute atomic E-state index is 0.622. The number of rotatable bonds is 5. The average Bonchev–Trinajstić information content (AvgIpc) is 2.27. The molecule has 0 aromatic rings. The van der Waals surface area contributed by atoms with Gasteiger partial charge in [-0.25, -0.2) is 0 Å². The van der Waals surface area contributed by atoms with Crippen LogP contribution in [-0.2, 0) is 0 Å². The largest absolute Gasteiger partial charge is 0.306 e. The molecular weight excluding hydrogens is 182 g/mol. The summed E-state index contributed by atoms with van der Waals surface area (Å²) in [5, 5.41) is 0. The minimum atomic E-state index is 0.622. The van der Waals surface area contributed by atoms with Crippen LogP contribution in [0.2, 0.25) is 0 Å². The lowest BCUT2D eigenvalue weighted by atomic mass is 9.68. The molecule has 90 valence electrons. The van der Waals surface area contributed by atoms with Gasteiger partial charge in [-0.3, -0.25) is 0 Å². The number of likely N-dealkylation sites (tertiary alicyclic amines) is 1. The zero-order chi connectivity index (χ0) is 11.3. The molecule has 1 aliphatic rings. The predicted octanol–water partition coefficient (Wildman–Crippen LogP) is 3.93. The van der Waals surface area contributed by atoms with Crippen molar-refractivity contribution in [3.8, 4) is 0 Å². The van der Waals surface area contributed by atoms with Crippen LogP contribution in [0.3, 0.4) is 0 Å². The van der Waals surface area contributed by atoms with E-state index in [-0.39, 0.29) is 0 Å². The van der Waals surface area contributed by atoms with Crippen LogP contribution in [0.25, 0.3) is 0 Å². The molecule has 0 radical (unpaired) electrons. The highest BCUT2D eigenvalue weighted by molar-refractivity contribution is 4.85. The molecule has 0 spiro atoms. The monoisotopic (exact) mass is 211 g/mol. The van der Waals surface area contributed by atoms with Crippen LogP contribution in [0.5, 0.6) is 0 Å². The highest BCUT2D eigenvalue weighted by Crippen LogP contribution is 2.41. The number of unbranched alkanes of at least 4 members (excludes halogenated alkanes) is 1. The van der Waals surface area contributed by atoms with Gasteiger partial charge in [-0.1, -0.05) is 40.0 Å². The van der Waals surface area contributed by atoms with Gasteiger partial charge in [-0.2, -0.15) is 0 Å². The normalized spacial score (nSPS) is 24.0. The molecule has 1 unspecified atom stereocenters. The van der Waals surface area contributed by atoms with Gasteiger partial charge in [0.15, 0.2) is 0 Å². The minimum Gasteiger partial charge on any atom is -0.306 e. The quantitative estimate of drug-likeness (QED) is 0.666. The van der Waals surface area contributed by atoms with E-state index in [4.69, 9.17) is 0 Å². The Morgan fingerprint density at radius 3 is 2.27 bits per heavy atom. The van der Waals surface area contributed by atoms with Gasteiger partial charge >= 0.3 is 0 Å². The molecule has 0 N–H and O–H groups in total. The van der Waals surface area contributed by atoms with Crippen LogP contribution in [0.4, 0.5) is 0 Å². The van der Waals surface area contributed by atoms with E-state index in [9.17, 15) is 0 Å². The van der Waals surface area contributed by atoms with Crippen molar-refractivity contribution in [1.29, 1.82) is 0 Å². The summed E-state index contributed by atoms with van der Waals surface area (Å²) in [6.45, 7) is 9.84. The lowest BCUT2D eigenvalue weighted by Gasteiger charge is -2.42. The van der Waals surface area contributed by atoms with Crippen molar-refractivity contribution >= 4 is 0 Å². The van der Waals surface area contributed by atoms with Gasteiger partial charge < -0.3 is 4.90 Å². The van der Waals surface area contributed by atoms with Crippen molar-refractivity contribution in [3.63, 3.8) is 0 Å². The second-order valence-corrected chi connectivity index (χ2v) is 5.69. The Kier molecular flexibility index (Phi) is 5.11. The molecule has 1 saturated heterocycles. The molecule has 0 aromatic heterocycles. The molecular formula is C14H29N. The van der Waals surface area contributed by atoms with Crippen LogP contribution >= 0.6 is 0 Å². The van der Waals surface area contributed by atoms with Gasteiger partial charge in [0.2, 0.25) is 0 Å². The highest BCUT2D eigenvalue weighted by atomic mass is 15.1. The standard InChI is InChI=1S/C14H29N/c1-5-7-10-14(3,6-2)13-8-11-15(4)12-9-13/h13H,5-12H2,1-4H3. The van der Waals surface area contributed by atoms with E-state index < -0.39 is 0 Å². The van der Waals surface area contributed by atoms with Crippen LogP contribution in [0, 0.1) is 11.3 Å². The van der Waals surface area contributed by atoms with Gasteiger partial charge in [0.1, 0.15) is 0 Å². The maximum atomic E-state index is 2.53. The third-order valence-corrected chi connectivity index (χ3v) is 4.61. The van der Waals surface area contributed by atoms with E-state index in [2.05, 4.69) is 32.7 Å². The fourth-order valence-corrected chi connectivity index (χ4v) is 2.96. The van der Waals surface area contributed by atoms with Gasteiger partial charge in [0, 0.05) is 0 Å². The van der Waals surface area contributed by atoms with E-state index in [1.807, 2.05) is 0 Å². The summed E-state index contributed by atoms with van der Waals surface area (Å²) in [7, 11) is 2.26. The van der Waals surface area contributed by atoms with E-state index >= 15 is 0 Å². The van der Waals surface area contributed by atoms with Gasteiger partial charge in [-0.05, 0) is 50.7 Å². The number of hydrogen-bond donors (Lipinski definition) is 0. The zero-order valence-electron chi connectivity index (χ0n) is 11.2. The Labute approximate surface area is 96.2 Å². The van der Waals surface area contributed by atoms with Crippen LogP contribution in [0.1, 0.15) is 59.3 Å². The van der Waals surface area contributed by atoms with Crippen molar-refractivity contribution in [2.45, 2.75) is 59.3 Å². The zero-order valence-corrected chi connectivity index (χ0v) is 11.2. The lowest BCUT2D eigenvalue weighted by molar-refractivity contribution is 0.0853. The van der Waals surface area contributed by atoms with Crippen molar-refractivity contribution in [2.24, 2.45) is 11.3 Å². The molecule has 1 fully saturated rings. The van der Waals surface area contributed by atoms with Gasteiger partial charge in [-0.15, -0.1) is 0 Å². The number of nitrogens with zero attached hydrogens (tertiary/aromatic N) is 1. The summed E-state index contributed by atoms with van der Waals surface area (Å²) >= 11 is 0. The number of hydrogen-bond acceptors (Lipinski definition) is 1. The summed E-state index contributed by atoms with van der Waals surface area (Å²) in [4.78, 5) is 2.48. The first-order valence-electron chi connectivity index (χ1n) is 6.81. The molecule has 0 saturated carbocycles. The molecule has 1 atom stereocenters. The number of piperidine rings is 1. The maximum Gasteiger partial charge on any atom is -0.00189 e. The van der Waals surface area contributed by atoms with E-state index in [0.29, 0.717) is 5.41 Å². The van der Waals surface area contributed by atoms with E-state index in [0.717, 1.165) is 5.92 Å². The van der Waals surface area contributed by atoms with Gasteiger partial charge in [0.25, 0.3) is 0 Å².